The summed E-state index contributed by atoms with van der Waals surface area (Å²) in [6.07, 6.45) is 1.77. The monoisotopic (exact) mass is 367 g/mol. The lowest BCUT2D eigenvalue weighted by molar-refractivity contribution is -0.125. The Balaban J connectivity index is 1.42. The Morgan fingerprint density at radius 2 is 1.70 bits per heavy atom. The number of nitrogens with one attached hydrogen (secondary N) is 2. The predicted octanol–water partition coefficient (Wildman–Crippen LogP) is 2.65. The highest BCUT2D eigenvalue weighted by molar-refractivity contribution is 5.82. The van der Waals surface area contributed by atoms with E-state index in [4.69, 9.17) is 4.74 Å². The highest BCUT2D eigenvalue weighted by Gasteiger charge is 2.28. The van der Waals surface area contributed by atoms with E-state index in [9.17, 15) is 9.59 Å². The van der Waals surface area contributed by atoms with Gasteiger partial charge < -0.3 is 10.1 Å². The molecular formula is C21H25N3O3. The molecule has 1 saturated heterocycles. The van der Waals surface area contributed by atoms with Crippen molar-refractivity contribution in [1.82, 2.24) is 15.8 Å². The molecule has 2 aromatic carbocycles. The van der Waals surface area contributed by atoms with Crippen molar-refractivity contribution in [2.45, 2.75) is 31.9 Å². The maximum absolute atomic E-state index is 12.4. The maximum atomic E-state index is 12.4. The maximum Gasteiger partial charge on any atom is 0.424 e. The van der Waals surface area contributed by atoms with E-state index in [0.29, 0.717) is 19.5 Å². The molecule has 3 rings (SSSR count). The molecule has 142 valence electrons. The second-order valence-electron chi connectivity index (χ2n) is 6.54. The quantitative estimate of drug-likeness (QED) is 0.823. The number of ether oxygens (including phenoxy) is 1. The average Bonchev–Trinajstić information content (AvgIpc) is 2.73. The molecule has 0 bridgehead atoms. The van der Waals surface area contributed by atoms with Gasteiger partial charge in [-0.2, -0.15) is 0 Å². The van der Waals surface area contributed by atoms with Crippen molar-refractivity contribution in [3.63, 3.8) is 0 Å². The lowest BCUT2D eigenvalue weighted by Gasteiger charge is -2.32. The number of nitrogens with zero attached hydrogens (tertiary/aromatic N) is 1. The van der Waals surface area contributed by atoms with Crippen molar-refractivity contribution < 1.29 is 14.3 Å². The van der Waals surface area contributed by atoms with Crippen LogP contribution in [0.4, 0.5) is 4.79 Å². The highest BCUT2D eigenvalue weighted by atomic mass is 16.6. The van der Waals surface area contributed by atoms with Crippen molar-refractivity contribution >= 4 is 12.0 Å². The van der Waals surface area contributed by atoms with Crippen molar-refractivity contribution in [3.05, 3.63) is 71.8 Å². The van der Waals surface area contributed by atoms with Gasteiger partial charge >= 0.3 is 6.09 Å². The minimum Gasteiger partial charge on any atom is -0.444 e. The number of hydrogen-bond donors (Lipinski definition) is 2. The summed E-state index contributed by atoms with van der Waals surface area (Å²) in [5.41, 5.74) is 5.09. The van der Waals surface area contributed by atoms with E-state index >= 15 is 0 Å². The number of hydrogen-bond acceptors (Lipinski definition) is 4. The molecule has 1 fully saturated rings. The summed E-state index contributed by atoms with van der Waals surface area (Å²) in [6.45, 7) is 1.31. The van der Waals surface area contributed by atoms with Gasteiger partial charge in [-0.05, 0) is 30.4 Å². The van der Waals surface area contributed by atoms with Crippen LogP contribution >= 0.6 is 0 Å². The molecule has 0 saturated carbocycles. The van der Waals surface area contributed by atoms with Gasteiger partial charge in [0.1, 0.15) is 12.6 Å². The zero-order valence-electron chi connectivity index (χ0n) is 15.3. The Labute approximate surface area is 159 Å². The van der Waals surface area contributed by atoms with Crippen LogP contribution in [0.15, 0.2) is 60.7 Å². The number of benzene rings is 2. The Hall–Kier alpha value is -2.86. The summed E-state index contributed by atoms with van der Waals surface area (Å²) in [4.78, 5) is 24.6. The SMILES string of the molecule is O=C(NCCc1ccccc1)[C@@H]1CCCN(C(=O)OCc2ccccc2)N1. The number of carbonyl (C=O) groups is 2. The molecule has 1 heterocycles. The molecule has 6 nitrogen and oxygen atoms in total. The molecule has 0 spiro atoms. The Kier molecular flexibility index (Phi) is 6.82. The fraction of sp³-hybridized carbons (Fsp3) is 0.333. The first kappa shape index (κ1) is 18.9. The third-order valence-electron chi connectivity index (χ3n) is 4.48. The number of rotatable bonds is 6. The summed E-state index contributed by atoms with van der Waals surface area (Å²) < 4.78 is 5.33. The zero-order valence-corrected chi connectivity index (χ0v) is 15.3. The third kappa shape index (κ3) is 5.82. The van der Waals surface area contributed by atoms with Gasteiger partial charge in [-0.15, -0.1) is 0 Å². The van der Waals surface area contributed by atoms with Crippen LogP contribution < -0.4 is 10.7 Å². The normalized spacial score (nSPS) is 16.6. The van der Waals surface area contributed by atoms with Crippen molar-refractivity contribution in [2.24, 2.45) is 0 Å². The van der Waals surface area contributed by atoms with Crippen LogP contribution in [0.5, 0.6) is 0 Å². The zero-order chi connectivity index (χ0) is 18.9. The second kappa shape index (κ2) is 9.73. The van der Waals surface area contributed by atoms with Gasteiger partial charge in [0.15, 0.2) is 0 Å². The molecule has 2 N–H and O–H groups in total. The average molecular weight is 367 g/mol. The second-order valence-corrected chi connectivity index (χ2v) is 6.54. The largest absolute Gasteiger partial charge is 0.444 e. The highest BCUT2D eigenvalue weighted by Crippen LogP contribution is 2.10. The predicted molar refractivity (Wildman–Crippen MR) is 103 cm³/mol. The van der Waals surface area contributed by atoms with Gasteiger partial charge in [-0.25, -0.2) is 15.2 Å². The van der Waals surface area contributed by atoms with Gasteiger partial charge in [-0.3, -0.25) is 4.79 Å². The van der Waals surface area contributed by atoms with E-state index in [-0.39, 0.29) is 12.5 Å². The van der Waals surface area contributed by atoms with Crippen LogP contribution in [0.3, 0.4) is 0 Å². The summed E-state index contributed by atoms with van der Waals surface area (Å²) in [5, 5.41) is 4.33. The fourth-order valence-electron chi connectivity index (χ4n) is 3.00. The summed E-state index contributed by atoms with van der Waals surface area (Å²) >= 11 is 0. The first-order chi connectivity index (χ1) is 13.2. The van der Waals surface area contributed by atoms with E-state index in [1.807, 2.05) is 60.7 Å². The van der Waals surface area contributed by atoms with Crippen LogP contribution in [-0.2, 0) is 22.6 Å². The fourth-order valence-corrected chi connectivity index (χ4v) is 3.00. The Morgan fingerprint density at radius 1 is 1.04 bits per heavy atom. The molecule has 6 heteroatoms. The van der Waals surface area contributed by atoms with Gasteiger partial charge in [0.2, 0.25) is 5.91 Å². The summed E-state index contributed by atoms with van der Waals surface area (Å²) in [6, 6.07) is 19.1. The number of carbonyl (C=O) groups excluding carboxylic acids is 2. The molecule has 1 aliphatic rings. The molecule has 0 aliphatic carbocycles. The molecule has 0 aromatic heterocycles. The molecule has 0 radical (unpaired) electrons. The van der Waals surface area contributed by atoms with Gasteiger partial charge in [0, 0.05) is 13.1 Å². The standard InChI is InChI=1S/C21H25N3O3/c25-20(22-14-13-17-8-3-1-4-9-17)19-12-7-15-24(23-19)21(26)27-16-18-10-5-2-6-11-18/h1-6,8-11,19,23H,7,12-16H2,(H,22,25)/t19-/m0/s1. The Morgan fingerprint density at radius 3 is 2.41 bits per heavy atom. The van der Waals surface area contributed by atoms with Crippen LogP contribution in [0.1, 0.15) is 24.0 Å². The molecule has 0 unspecified atom stereocenters. The van der Waals surface area contributed by atoms with Crippen molar-refractivity contribution in [3.8, 4) is 0 Å². The van der Waals surface area contributed by atoms with Gasteiger partial charge in [0.05, 0.1) is 0 Å². The molecule has 27 heavy (non-hydrogen) atoms. The molecule has 1 aliphatic heterocycles. The summed E-state index contributed by atoms with van der Waals surface area (Å²) in [7, 11) is 0. The smallest absolute Gasteiger partial charge is 0.424 e. The number of amides is 2. The van der Waals surface area contributed by atoms with Gasteiger partial charge in [-0.1, -0.05) is 60.7 Å². The summed E-state index contributed by atoms with van der Waals surface area (Å²) in [5.74, 6) is -0.0912. The van der Waals surface area contributed by atoms with E-state index in [0.717, 1.165) is 18.4 Å². The number of hydrazine groups is 1. The first-order valence-electron chi connectivity index (χ1n) is 9.28. The van der Waals surface area contributed by atoms with Crippen LogP contribution in [0, 0.1) is 0 Å². The van der Waals surface area contributed by atoms with Crippen LogP contribution in [0.25, 0.3) is 0 Å². The van der Waals surface area contributed by atoms with E-state index < -0.39 is 12.1 Å². The Bertz CT molecular complexity index is 737. The first-order valence-corrected chi connectivity index (χ1v) is 9.28. The lowest BCUT2D eigenvalue weighted by Crippen LogP contribution is -2.57. The minimum absolute atomic E-state index is 0.0912. The van der Waals surface area contributed by atoms with Crippen LogP contribution in [0.2, 0.25) is 0 Å². The van der Waals surface area contributed by atoms with E-state index in [1.54, 1.807) is 0 Å². The topological polar surface area (TPSA) is 70.7 Å². The van der Waals surface area contributed by atoms with Gasteiger partial charge in [0.25, 0.3) is 0 Å². The molecule has 2 amide bonds. The van der Waals surface area contributed by atoms with Crippen LogP contribution in [-0.4, -0.2) is 36.1 Å². The van der Waals surface area contributed by atoms with Crippen molar-refractivity contribution in [1.29, 1.82) is 0 Å². The van der Waals surface area contributed by atoms with E-state index in [1.165, 1.54) is 10.6 Å². The van der Waals surface area contributed by atoms with E-state index in [2.05, 4.69) is 10.7 Å². The minimum atomic E-state index is -0.458. The molecule has 1 atom stereocenters. The third-order valence-corrected chi connectivity index (χ3v) is 4.48. The lowest BCUT2D eigenvalue weighted by atomic mass is 10.1. The molecular weight excluding hydrogens is 342 g/mol. The molecule has 2 aromatic rings. The van der Waals surface area contributed by atoms with Crippen molar-refractivity contribution in [2.75, 3.05) is 13.1 Å².